The molecule has 2 aromatic rings. The van der Waals surface area contributed by atoms with Gasteiger partial charge < -0.3 is 10.2 Å². The molecule has 1 aliphatic heterocycles. The van der Waals surface area contributed by atoms with Crippen LogP contribution in [0, 0.1) is 0 Å². The topological polar surface area (TPSA) is 69.7 Å². The molecule has 1 heterocycles. The number of nitrogens with one attached hydrogen (secondary N) is 1. The first-order valence-corrected chi connectivity index (χ1v) is 10.6. The third-order valence-electron chi connectivity index (χ3n) is 4.76. The molecular formula is C20H25N3O3S. The van der Waals surface area contributed by atoms with Crippen LogP contribution in [0.4, 0.5) is 11.4 Å². The Balaban J connectivity index is 1.66. The van der Waals surface area contributed by atoms with Gasteiger partial charge in [-0.25, -0.2) is 8.42 Å². The van der Waals surface area contributed by atoms with Crippen molar-refractivity contribution < 1.29 is 13.2 Å². The van der Waals surface area contributed by atoms with Gasteiger partial charge in [-0.2, -0.15) is 4.31 Å². The van der Waals surface area contributed by atoms with Crippen LogP contribution >= 0.6 is 0 Å². The zero-order valence-corrected chi connectivity index (χ0v) is 16.5. The summed E-state index contributed by atoms with van der Waals surface area (Å²) in [5, 5.41) is 2.64. The first-order chi connectivity index (χ1) is 12.9. The standard InChI is InChI=1S/C20H25N3O3S/c1-3-17-4-8-19(9-5-17)22-12-14-23(15-13-22)27(25,26)20-10-6-18(7-11-20)21-16(2)24/h4-11H,3,12-15H2,1-2H3,(H,21,24). The van der Waals surface area contributed by atoms with Gasteiger partial charge in [0.15, 0.2) is 0 Å². The lowest BCUT2D eigenvalue weighted by Gasteiger charge is -2.35. The maximum absolute atomic E-state index is 12.9. The number of nitrogens with zero attached hydrogens (tertiary/aromatic N) is 2. The fourth-order valence-electron chi connectivity index (χ4n) is 3.19. The van der Waals surface area contributed by atoms with Crippen LogP contribution in [-0.2, 0) is 21.2 Å². The molecule has 0 spiro atoms. The van der Waals surface area contributed by atoms with Crippen molar-refractivity contribution in [2.75, 3.05) is 36.4 Å². The number of hydrogen-bond donors (Lipinski definition) is 1. The highest BCUT2D eigenvalue weighted by Gasteiger charge is 2.28. The number of amides is 1. The average Bonchev–Trinajstić information content (AvgIpc) is 2.68. The molecule has 1 amide bonds. The van der Waals surface area contributed by atoms with Crippen molar-refractivity contribution in [2.45, 2.75) is 25.2 Å². The lowest BCUT2D eigenvalue weighted by atomic mass is 10.1. The second-order valence-electron chi connectivity index (χ2n) is 6.62. The Morgan fingerprint density at radius 1 is 0.963 bits per heavy atom. The summed E-state index contributed by atoms with van der Waals surface area (Å²) >= 11 is 0. The van der Waals surface area contributed by atoms with Crippen molar-refractivity contribution in [1.82, 2.24) is 4.31 Å². The molecule has 27 heavy (non-hydrogen) atoms. The second kappa shape index (κ2) is 8.10. The number of aryl methyl sites for hydroxylation is 1. The Labute approximate surface area is 160 Å². The molecule has 1 N–H and O–H groups in total. The number of hydrogen-bond acceptors (Lipinski definition) is 4. The number of carbonyl (C=O) groups is 1. The Bertz CT molecular complexity index is 885. The molecule has 144 valence electrons. The molecule has 0 bridgehead atoms. The van der Waals surface area contributed by atoms with Gasteiger partial charge in [0, 0.05) is 44.5 Å². The first-order valence-electron chi connectivity index (χ1n) is 9.12. The normalized spacial score (nSPS) is 15.6. The number of anilines is 2. The summed E-state index contributed by atoms with van der Waals surface area (Å²) in [4.78, 5) is 13.5. The van der Waals surface area contributed by atoms with E-state index in [1.54, 1.807) is 12.1 Å². The van der Waals surface area contributed by atoms with Crippen molar-refractivity contribution in [1.29, 1.82) is 0 Å². The van der Waals surface area contributed by atoms with Gasteiger partial charge in [-0.15, -0.1) is 0 Å². The molecule has 1 fully saturated rings. The van der Waals surface area contributed by atoms with E-state index in [0.29, 0.717) is 31.9 Å². The lowest BCUT2D eigenvalue weighted by Crippen LogP contribution is -2.48. The maximum atomic E-state index is 12.9. The van der Waals surface area contributed by atoms with Gasteiger partial charge in [0.2, 0.25) is 15.9 Å². The van der Waals surface area contributed by atoms with E-state index in [0.717, 1.165) is 12.1 Å². The SMILES string of the molecule is CCc1ccc(N2CCN(S(=O)(=O)c3ccc(NC(C)=O)cc3)CC2)cc1. The average molecular weight is 388 g/mol. The van der Waals surface area contributed by atoms with Crippen LogP contribution in [0.3, 0.4) is 0 Å². The molecule has 3 rings (SSSR count). The quantitative estimate of drug-likeness (QED) is 0.856. The smallest absolute Gasteiger partial charge is 0.243 e. The van der Waals surface area contributed by atoms with Crippen LogP contribution in [-0.4, -0.2) is 44.8 Å². The molecule has 1 aliphatic rings. The fourth-order valence-corrected chi connectivity index (χ4v) is 4.61. The van der Waals surface area contributed by atoms with E-state index in [1.807, 2.05) is 0 Å². The third kappa shape index (κ3) is 4.48. The van der Waals surface area contributed by atoms with Crippen LogP contribution in [0.2, 0.25) is 0 Å². The highest BCUT2D eigenvalue weighted by Crippen LogP contribution is 2.22. The zero-order valence-electron chi connectivity index (χ0n) is 15.7. The molecule has 2 aromatic carbocycles. The zero-order chi connectivity index (χ0) is 19.4. The molecule has 6 nitrogen and oxygen atoms in total. The number of piperazine rings is 1. The van der Waals surface area contributed by atoms with Crippen molar-refractivity contribution in [3.63, 3.8) is 0 Å². The van der Waals surface area contributed by atoms with Gasteiger partial charge in [-0.05, 0) is 48.4 Å². The molecule has 0 atom stereocenters. The van der Waals surface area contributed by atoms with E-state index in [-0.39, 0.29) is 10.8 Å². The maximum Gasteiger partial charge on any atom is 0.243 e. The van der Waals surface area contributed by atoms with Crippen molar-refractivity contribution >= 4 is 27.3 Å². The van der Waals surface area contributed by atoms with Crippen LogP contribution in [0.15, 0.2) is 53.4 Å². The molecule has 0 radical (unpaired) electrons. The number of sulfonamides is 1. The summed E-state index contributed by atoms with van der Waals surface area (Å²) in [6.07, 6.45) is 1.01. The molecule has 1 saturated heterocycles. The highest BCUT2D eigenvalue weighted by atomic mass is 32.2. The van der Waals surface area contributed by atoms with Crippen molar-refractivity contribution in [2.24, 2.45) is 0 Å². The molecule has 0 unspecified atom stereocenters. The minimum atomic E-state index is -3.53. The monoisotopic (exact) mass is 387 g/mol. The van der Waals surface area contributed by atoms with E-state index >= 15 is 0 Å². The summed E-state index contributed by atoms with van der Waals surface area (Å²) in [5.41, 5.74) is 3.01. The van der Waals surface area contributed by atoms with Gasteiger partial charge in [-0.3, -0.25) is 4.79 Å². The van der Waals surface area contributed by atoms with E-state index in [4.69, 9.17) is 0 Å². The van der Waals surface area contributed by atoms with E-state index in [9.17, 15) is 13.2 Å². The van der Waals surface area contributed by atoms with Crippen LogP contribution in [0.1, 0.15) is 19.4 Å². The highest BCUT2D eigenvalue weighted by molar-refractivity contribution is 7.89. The van der Waals surface area contributed by atoms with Crippen LogP contribution in [0.25, 0.3) is 0 Å². The number of benzene rings is 2. The van der Waals surface area contributed by atoms with E-state index in [2.05, 4.69) is 41.4 Å². The summed E-state index contributed by atoms with van der Waals surface area (Å²) in [6.45, 7) is 5.77. The summed E-state index contributed by atoms with van der Waals surface area (Å²) in [5.74, 6) is -0.186. The molecule has 0 saturated carbocycles. The van der Waals surface area contributed by atoms with Gasteiger partial charge in [-0.1, -0.05) is 19.1 Å². The van der Waals surface area contributed by atoms with Crippen molar-refractivity contribution in [3.8, 4) is 0 Å². The van der Waals surface area contributed by atoms with E-state index in [1.165, 1.54) is 28.9 Å². The minimum absolute atomic E-state index is 0.186. The van der Waals surface area contributed by atoms with Gasteiger partial charge in [0.05, 0.1) is 4.90 Å². The summed E-state index contributed by atoms with van der Waals surface area (Å²) in [7, 11) is -3.53. The minimum Gasteiger partial charge on any atom is -0.369 e. The number of carbonyl (C=O) groups excluding carboxylic acids is 1. The number of rotatable bonds is 5. The van der Waals surface area contributed by atoms with E-state index < -0.39 is 10.0 Å². The Morgan fingerprint density at radius 2 is 1.56 bits per heavy atom. The van der Waals surface area contributed by atoms with Crippen molar-refractivity contribution in [3.05, 3.63) is 54.1 Å². The predicted molar refractivity (Wildman–Crippen MR) is 108 cm³/mol. The molecule has 0 aliphatic carbocycles. The Morgan fingerprint density at radius 3 is 2.07 bits per heavy atom. The summed E-state index contributed by atoms with van der Waals surface area (Å²) in [6, 6.07) is 14.7. The molecule has 0 aromatic heterocycles. The molecule has 7 heteroatoms. The first kappa shape index (κ1) is 19.4. The summed E-state index contributed by atoms with van der Waals surface area (Å²) < 4.78 is 27.3. The Hall–Kier alpha value is -2.38. The lowest BCUT2D eigenvalue weighted by molar-refractivity contribution is -0.114. The third-order valence-corrected chi connectivity index (χ3v) is 6.67. The van der Waals surface area contributed by atoms with Gasteiger partial charge in [0.1, 0.15) is 0 Å². The fraction of sp³-hybridized carbons (Fsp3) is 0.350. The largest absolute Gasteiger partial charge is 0.369 e. The van der Waals surface area contributed by atoms with Crippen LogP contribution in [0.5, 0.6) is 0 Å². The van der Waals surface area contributed by atoms with Gasteiger partial charge >= 0.3 is 0 Å². The van der Waals surface area contributed by atoms with Crippen LogP contribution < -0.4 is 10.2 Å². The predicted octanol–water partition coefficient (Wildman–Crippen LogP) is 2.72. The Kier molecular flexibility index (Phi) is 5.82. The van der Waals surface area contributed by atoms with Gasteiger partial charge in [0.25, 0.3) is 0 Å². The molecular weight excluding hydrogens is 362 g/mol. The second-order valence-corrected chi connectivity index (χ2v) is 8.55.